The standard InChI is InChI=1S/C16H25N3O2/c1-18(2)13-7-5-12(6-8-13)11-19(3)16(20)15-9-14(21-4)10-17-15/h5-8,14-15,17H,9-11H2,1-4H3. The number of rotatable bonds is 5. The van der Waals surface area contributed by atoms with Crippen LogP contribution >= 0.6 is 0 Å². The maximum absolute atomic E-state index is 12.4. The number of benzene rings is 1. The topological polar surface area (TPSA) is 44.8 Å². The van der Waals surface area contributed by atoms with Crippen molar-refractivity contribution < 1.29 is 9.53 Å². The van der Waals surface area contributed by atoms with Crippen LogP contribution in [0.5, 0.6) is 0 Å². The van der Waals surface area contributed by atoms with Crippen LogP contribution in [0.1, 0.15) is 12.0 Å². The molecule has 0 aromatic heterocycles. The fraction of sp³-hybridized carbons (Fsp3) is 0.562. The highest BCUT2D eigenvalue weighted by atomic mass is 16.5. The molecule has 1 aliphatic rings. The van der Waals surface area contributed by atoms with Crippen molar-refractivity contribution in [2.24, 2.45) is 0 Å². The number of nitrogens with zero attached hydrogens (tertiary/aromatic N) is 2. The predicted octanol–water partition coefficient (Wildman–Crippen LogP) is 1.09. The van der Waals surface area contributed by atoms with E-state index in [1.165, 1.54) is 0 Å². The summed E-state index contributed by atoms with van der Waals surface area (Å²) in [6.07, 6.45) is 0.894. The summed E-state index contributed by atoms with van der Waals surface area (Å²) < 4.78 is 5.29. The molecule has 0 aliphatic carbocycles. The SMILES string of the molecule is COC1CNC(C(=O)N(C)Cc2ccc(N(C)C)cc2)C1. The van der Waals surface area contributed by atoms with Crippen molar-refractivity contribution in [3.05, 3.63) is 29.8 Å². The summed E-state index contributed by atoms with van der Waals surface area (Å²) in [4.78, 5) is 16.2. The van der Waals surface area contributed by atoms with Crippen LogP contribution in [0.2, 0.25) is 0 Å². The summed E-state index contributed by atoms with van der Waals surface area (Å²) in [6, 6.07) is 8.16. The van der Waals surface area contributed by atoms with Gasteiger partial charge >= 0.3 is 0 Å². The first-order chi connectivity index (χ1) is 10.0. The maximum Gasteiger partial charge on any atom is 0.239 e. The zero-order valence-corrected chi connectivity index (χ0v) is 13.3. The highest BCUT2D eigenvalue weighted by molar-refractivity contribution is 5.82. The number of carbonyl (C=O) groups is 1. The second kappa shape index (κ2) is 6.91. The molecule has 1 fully saturated rings. The Balaban J connectivity index is 1.91. The van der Waals surface area contributed by atoms with Gasteiger partial charge in [-0.15, -0.1) is 0 Å². The summed E-state index contributed by atoms with van der Waals surface area (Å²) in [5.41, 5.74) is 2.30. The van der Waals surface area contributed by atoms with Gasteiger partial charge in [-0.05, 0) is 24.1 Å². The first-order valence-corrected chi connectivity index (χ1v) is 7.28. The van der Waals surface area contributed by atoms with Crippen LogP contribution in [0.15, 0.2) is 24.3 Å². The van der Waals surface area contributed by atoms with Gasteiger partial charge in [0.25, 0.3) is 0 Å². The zero-order valence-electron chi connectivity index (χ0n) is 13.3. The van der Waals surface area contributed by atoms with Crippen molar-refractivity contribution in [1.29, 1.82) is 0 Å². The van der Waals surface area contributed by atoms with E-state index in [2.05, 4.69) is 34.5 Å². The van der Waals surface area contributed by atoms with Crippen LogP contribution in [0.4, 0.5) is 5.69 Å². The van der Waals surface area contributed by atoms with E-state index in [0.29, 0.717) is 6.54 Å². The Labute approximate surface area is 126 Å². The summed E-state index contributed by atoms with van der Waals surface area (Å²) >= 11 is 0. The Hall–Kier alpha value is -1.59. The van der Waals surface area contributed by atoms with Gasteiger partial charge < -0.3 is 19.9 Å². The van der Waals surface area contributed by atoms with Crippen LogP contribution in [0, 0.1) is 0 Å². The van der Waals surface area contributed by atoms with Crippen molar-refractivity contribution in [2.75, 3.05) is 39.7 Å². The van der Waals surface area contributed by atoms with Gasteiger partial charge in [0.1, 0.15) is 0 Å². The number of anilines is 1. The van der Waals surface area contributed by atoms with Crippen molar-refractivity contribution in [3.63, 3.8) is 0 Å². The van der Waals surface area contributed by atoms with Crippen molar-refractivity contribution in [3.8, 4) is 0 Å². The summed E-state index contributed by atoms with van der Waals surface area (Å²) in [6.45, 7) is 1.38. The van der Waals surface area contributed by atoms with E-state index in [9.17, 15) is 4.79 Å². The van der Waals surface area contributed by atoms with E-state index < -0.39 is 0 Å². The van der Waals surface area contributed by atoms with Gasteiger partial charge in [-0.3, -0.25) is 4.79 Å². The third kappa shape index (κ3) is 3.95. The van der Waals surface area contributed by atoms with Crippen molar-refractivity contribution in [2.45, 2.75) is 25.1 Å². The number of nitrogens with one attached hydrogen (secondary N) is 1. The second-order valence-electron chi connectivity index (χ2n) is 5.81. The highest BCUT2D eigenvalue weighted by Crippen LogP contribution is 2.15. The van der Waals surface area contributed by atoms with E-state index in [1.807, 2.05) is 21.1 Å². The molecule has 0 spiro atoms. The molecular weight excluding hydrogens is 266 g/mol. The van der Waals surface area contributed by atoms with Crippen LogP contribution in [-0.4, -0.2) is 57.8 Å². The fourth-order valence-corrected chi connectivity index (χ4v) is 2.59. The third-order valence-electron chi connectivity index (χ3n) is 3.97. The van der Waals surface area contributed by atoms with Gasteiger partial charge in [-0.25, -0.2) is 0 Å². The highest BCUT2D eigenvalue weighted by Gasteiger charge is 2.31. The molecule has 1 aliphatic heterocycles. The molecule has 2 atom stereocenters. The number of ether oxygens (including phenoxy) is 1. The zero-order chi connectivity index (χ0) is 15.4. The first kappa shape index (κ1) is 15.8. The van der Waals surface area contributed by atoms with Crippen LogP contribution in [0.3, 0.4) is 0 Å². The number of amides is 1. The molecule has 1 aromatic rings. The predicted molar refractivity (Wildman–Crippen MR) is 84.4 cm³/mol. The van der Waals surface area contributed by atoms with Gasteiger partial charge in [0.15, 0.2) is 0 Å². The summed E-state index contributed by atoms with van der Waals surface area (Å²) in [7, 11) is 7.57. The van der Waals surface area contributed by atoms with Crippen LogP contribution in [-0.2, 0) is 16.1 Å². The quantitative estimate of drug-likeness (QED) is 0.882. The van der Waals surface area contributed by atoms with E-state index in [4.69, 9.17) is 4.74 Å². The second-order valence-corrected chi connectivity index (χ2v) is 5.81. The molecule has 2 unspecified atom stereocenters. The number of carbonyl (C=O) groups excluding carboxylic acids is 1. The van der Waals surface area contributed by atoms with E-state index >= 15 is 0 Å². The average molecular weight is 291 g/mol. The van der Waals surface area contributed by atoms with Gasteiger partial charge in [0.05, 0.1) is 12.1 Å². The van der Waals surface area contributed by atoms with Crippen LogP contribution in [0.25, 0.3) is 0 Å². The van der Waals surface area contributed by atoms with Crippen LogP contribution < -0.4 is 10.2 Å². The van der Waals surface area contributed by atoms with E-state index in [-0.39, 0.29) is 18.1 Å². The number of likely N-dealkylation sites (N-methyl/N-ethyl adjacent to an activating group) is 1. The molecular formula is C16H25N3O2. The molecule has 21 heavy (non-hydrogen) atoms. The minimum atomic E-state index is -0.124. The Morgan fingerprint density at radius 1 is 1.29 bits per heavy atom. The molecule has 5 nitrogen and oxygen atoms in total. The molecule has 1 amide bonds. The molecule has 1 N–H and O–H groups in total. The minimum absolute atomic E-state index is 0.124. The van der Waals surface area contributed by atoms with Gasteiger partial charge in [0, 0.05) is 47.0 Å². The number of hydrogen-bond acceptors (Lipinski definition) is 4. The number of hydrogen-bond donors (Lipinski definition) is 1. The van der Waals surface area contributed by atoms with Gasteiger partial charge in [-0.2, -0.15) is 0 Å². The lowest BCUT2D eigenvalue weighted by atomic mass is 10.1. The lowest BCUT2D eigenvalue weighted by Gasteiger charge is -2.21. The lowest BCUT2D eigenvalue weighted by Crippen LogP contribution is -2.41. The fourth-order valence-electron chi connectivity index (χ4n) is 2.59. The Bertz CT molecular complexity index is 473. The van der Waals surface area contributed by atoms with Crippen molar-refractivity contribution in [1.82, 2.24) is 10.2 Å². The molecule has 1 saturated heterocycles. The molecule has 0 radical (unpaired) electrons. The molecule has 1 aromatic carbocycles. The lowest BCUT2D eigenvalue weighted by molar-refractivity contribution is -0.132. The molecule has 2 rings (SSSR count). The maximum atomic E-state index is 12.4. The summed E-state index contributed by atoms with van der Waals surface area (Å²) in [5, 5.41) is 3.23. The molecule has 0 bridgehead atoms. The van der Waals surface area contributed by atoms with E-state index in [1.54, 1.807) is 12.0 Å². The minimum Gasteiger partial charge on any atom is -0.380 e. The average Bonchev–Trinajstić information content (AvgIpc) is 2.95. The Morgan fingerprint density at radius 3 is 2.48 bits per heavy atom. The Kier molecular flexibility index (Phi) is 5.20. The van der Waals surface area contributed by atoms with Gasteiger partial charge in [0.2, 0.25) is 5.91 Å². The van der Waals surface area contributed by atoms with E-state index in [0.717, 1.165) is 24.2 Å². The molecule has 0 saturated carbocycles. The van der Waals surface area contributed by atoms with Crippen molar-refractivity contribution >= 4 is 11.6 Å². The van der Waals surface area contributed by atoms with Gasteiger partial charge in [-0.1, -0.05) is 12.1 Å². The number of methoxy groups -OCH3 is 1. The third-order valence-corrected chi connectivity index (χ3v) is 3.97. The Morgan fingerprint density at radius 2 is 1.95 bits per heavy atom. The largest absolute Gasteiger partial charge is 0.380 e. The summed E-state index contributed by atoms with van der Waals surface area (Å²) in [5.74, 6) is 0.131. The smallest absolute Gasteiger partial charge is 0.239 e. The first-order valence-electron chi connectivity index (χ1n) is 7.28. The monoisotopic (exact) mass is 291 g/mol. The molecule has 1 heterocycles. The normalized spacial score (nSPS) is 21.3. The molecule has 116 valence electrons. The molecule has 5 heteroatoms.